The van der Waals surface area contributed by atoms with Gasteiger partial charge in [-0.15, -0.1) is 0 Å². The molecule has 1 N–H and O–H groups in total. The van der Waals surface area contributed by atoms with Gasteiger partial charge in [0, 0.05) is 11.8 Å². The zero-order valence-corrected chi connectivity index (χ0v) is 10.4. The number of anilines is 1. The number of methoxy groups -OCH3 is 1. The van der Waals surface area contributed by atoms with Gasteiger partial charge in [0.15, 0.2) is 0 Å². The molecule has 0 bridgehead atoms. The molecule has 0 radical (unpaired) electrons. The Bertz CT molecular complexity index is 601. The Balaban J connectivity index is 2.02. The first-order valence-corrected chi connectivity index (χ1v) is 5.42. The van der Waals surface area contributed by atoms with Crippen LogP contribution in [0.2, 0.25) is 0 Å². The van der Waals surface area contributed by atoms with Crippen molar-refractivity contribution in [2.45, 2.75) is 13.5 Å². The van der Waals surface area contributed by atoms with Crippen molar-refractivity contribution in [1.82, 2.24) is 14.9 Å². The van der Waals surface area contributed by atoms with E-state index in [0.717, 1.165) is 0 Å². The highest BCUT2D eigenvalue weighted by Crippen LogP contribution is 2.11. The molecule has 0 aliphatic rings. The Kier molecular flexibility index (Phi) is 3.60. The first-order valence-electron chi connectivity index (χ1n) is 5.42. The van der Waals surface area contributed by atoms with Gasteiger partial charge in [-0.2, -0.15) is 5.10 Å². The number of nitrogens with zero attached hydrogens (tertiary/aromatic N) is 3. The molecule has 0 spiro atoms. The molecule has 8 heteroatoms. The molecule has 0 saturated heterocycles. The zero-order valence-electron chi connectivity index (χ0n) is 10.4. The largest absolute Gasteiger partial charge is 0.468 e. The molecule has 0 aliphatic carbocycles. The second-order valence-corrected chi connectivity index (χ2v) is 3.79. The van der Waals surface area contributed by atoms with Crippen LogP contribution >= 0.6 is 0 Å². The van der Waals surface area contributed by atoms with Gasteiger partial charge in [-0.25, -0.2) is 0 Å². The molecule has 0 aromatic carbocycles. The zero-order chi connectivity index (χ0) is 13.8. The summed E-state index contributed by atoms with van der Waals surface area (Å²) in [6.07, 6.45) is 4.39. The highest BCUT2D eigenvalue weighted by atomic mass is 16.5. The van der Waals surface area contributed by atoms with E-state index in [-0.39, 0.29) is 12.3 Å². The van der Waals surface area contributed by atoms with Gasteiger partial charge in [0.05, 0.1) is 25.2 Å². The lowest BCUT2D eigenvalue weighted by Crippen LogP contribution is -2.13. The van der Waals surface area contributed by atoms with Gasteiger partial charge in [0.2, 0.25) is 5.76 Å². The summed E-state index contributed by atoms with van der Waals surface area (Å²) in [5.74, 6) is -0.708. The fourth-order valence-corrected chi connectivity index (χ4v) is 1.41. The minimum absolute atomic E-state index is 0.0201. The van der Waals surface area contributed by atoms with Gasteiger partial charge in [-0.05, 0) is 6.92 Å². The fraction of sp³-hybridized carbons (Fsp3) is 0.273. The molecular weight excluding hydrogens is 252 g/mol. The van der Waals surface area contributed by atoms with E-state index in [9.17, 15) is 9.59 Å². The first-order chi connectivity index (χ1) is 9.10. The smallest absolute Gasteiger partial charge is 0.327 e. The van der Waals surface area contributed by atoms with Gasteiger partial charge < -0.3 is 14.6 Å². The second kappa shape index (κ2) is 5.34. The maximum atomic E-state index is 11.8. The molecule has 0 unspecified atom stereocenters. The topological polar surface area (TPSA) is 99.2 Å². The predicted octanol–water partition coefficient (Wildman–Crippen LogP) is 0.605. The summed E-state index contributed by atoms with van der Waals surface area (Å²) in [6, 6.07) is 0. The Morgan fingerprint density at radius 2 is 2.26 bits per heavy atom. The van der Waals surface area contributed by atoms with Crippen molar-refractivity contribution in [3.8, 4) is 0 Å². The van der Waals surface area contributed by atoms with Crippen LogP contribution in [0.15, 0.2) is 23.1 Å². The highest BCUT2D eigenvalue weighted by molar-refractivity contribution is 6.02. The number of nitrogens with one attached hydrogen (secondary N) is 1. The lowest BCUT2D eigenvalue weighted by molar-refractivity contribution is -0.141. The maximum Gasteiger partial charge on any atom is 0.327 e. The van der Waals surface area contributed by atoms with Crippen LogP contribution in [-0.4, -0.2) is 33.9 Å². The summed E-state index contributed by atoms with van der Waals surface area (Å²) in [5, 5.41) is 10.0. The third kappa shape index (κ3) is 2.97. The summed E-state index contributed by atoms with van der Waals surface area (Å²) in [5.41, 5.74) is 1.09. The van der Waals surface area contributed by atoms with Crippen LogP contribution in [0.3, 0.4) is 0 Å². The summed E-state index contributed by atoms with van der Waals surface area (Å²) in [7, 11) is 1.29. The van der Waals surface area contributed by atoms with E-state index < -0.39 is 11.9 Å². The summed E-state index contributed by atoms with van der Waals surface area (Å²) < 4.78 is 10.7. The Morgan fingerprint density at radius 3 is 2.89 bits per heavy atom. The predicted molar refractivity (Wildman–Crippen MR) is 63.4 cm³/mol. The number of hydrogen-bond acceptors (Lipinski definition) is 6. The Morgan fingerprint density at radius 1 is 1.47 bits per heavy atom. The highest BCUT2D eigenvalue weighted by Gasteiger charge is 2.15. The molecule has 0 aliphatic heterocycles. The van der Waals surface area contributed by atoms with Crippen LogP contribution < -0.4 is 5.32 Å². The van der Waals surface area contributed by atoms with E-state index in [2.05, 4.69) is 20.3 Å². The van der Waals surface area contributed by atoms with E-state index in [1.807, 2.05) is 0 Å². The summed E-state index contributed by atoms with van der Waals surface area (Å²) >= 11 is 0. The Hall–Kier alpha value is -2.64. The SMILES string of the molecule is COC(=O)Cn1cc(NC(=O)c2oncc2C)cn1. The lowest BCUT2D eigenvalue weighted by atomic mass is 10.3. The van der Waals surface area contributed by atoms with Gasteiger partial charge in [-0.1, -0.05) is 5.16 Å². The van der Waals surface area contributed by atoms with Crippen LogP contribution in [0.4, 0.5) is 5.69 Å². The maximum absolute atomic E-state index is 11.8. The molecule has 2 aromatic rings. The number of amides is 1. The molecule has 2 heterocycles. The molecule has 100 valence electrons. The summed E-state index contributed by atoms with van der Waals surface area (Å²) in [4.78, 5) is 22.9. The molecule has 0 saturated carbocycles. The van der Waals surface area contributed by atoms with Crippen LogP contribution in [0.25, 0.3) is 0 Å². The summed E-state index contributed by atoms with van der Waals surface area (Å²) in [6.45, 7) is 1.69. The number of hydrogen-bond donors (Lipinski definition) is 1. The van der Waals surface area contributed by atoms with Crippen LogP contribution in [0, 0.1) is 6.92 Å². The number of ether oxygens (including phenoxy) is 1. The van der Waals surface area contributed by atoms with Gasteiger partial charge in [0.25, 0.3) is 5.91 Å². The fourth-order valence-electron chi connectivity index (χ4n) is 1.41. The van der Waals surface area contributed by atoms with Crippen molar-refractivity contribution in [2.75, 3.05) is 12.4 Å². The molecule has 19 heavy (non-hydrogen) atoms. The quantitative estimate of drug-likeness (QED) is 0.812. The van der Waals surface area contributed by atoms with Crippen molar-refractivity contribution in [3.63, 3.8) is 0 Å². The monoisotopic (exact) mass is 264 g/mol. The van der Waals surface area contributed by atoms with E-state index in [4.69, 9.17) is 4.52 Å². The molecule has 0 atom stereocenters. The number of aromatic nitrogens is 3. The van der Waals surface area contributed by atoms with Gasteiger partial charge in [0.1, 0.15) is 6.54 Å². The molecule has 0 fully saturated rings. The van der Waals surface area contributed by atoms with Crippen molar-refractivity contribution in [1.29, 1.82) is 0 Å². The first kappa shape index (κ1) is 12.8. The van der Waals surface area contributed by atoms with Crippen molar-refractivity contribution < 1.29 is 18.8 Å². The van der Waals surface area contributed by atoms with Gasteiger partial charge in [-0.3, -0.25) is 14.3 Å². The van der Waals surface area contributed by atoms with E-state index in [1.165, 1.54) is 30.4 Å². The standard InChI is InChI=1S/C11H12N4O4/c1-7-3-13-19-10(7)11(17)14-8-4-12-15(5-8)6-9(16)18-2/h3-5H,6H2,1-2H3,(H,14,17). The van der Waals surface area contributed by atoms with Crippen molar-refractivity contribution in [3.05, 3.63) is 29.9 Å². The normalized spacial score (nSPS) is 10.2. The average molecular weight is 264 g/mol. The molecule has 1 amide bonds. The number of carbonyl (C=O) groups is 2. The third-order valence-electron chi connectivity index (χ3n) is 2.36. The molecule has 2 rings (SSSR count). The van der Waals surface area contributed by atoms with Crippen LogP contribution in [-0.2, 0) is 16.1 Å². The molecular formula is C11H12N4O4. The molecule has 2 aromatic heterocycles. The number of carbonyl (C=O) groups excluding carboxylic acids is 2. The van der Waals surface area contributed by atoms with E-state index in [1.54, 1.807) is 6.92 Å². The second-order valence-electron chi connectivity index (χ2n) is 3.79. The lowest BCUT2D eigenvalue weighted by Gasteiger charge is -1.99. The van der Waals surface area contributed by atoms with E-state index >= 15 is 0 Å². The molecule has 8 nitrogen and oxygen atoms in total. The van der Waals surface area contributed by atoms with Crippen LogP contribution in [0.1, 0.15) is 16.1 Å². The minimum Gasteiger partial charge on any atom is -0.468 e. The van der Waals surface area contributed by atoms with Crippen LogP contribution in [0.5, 0.6) is 0 Å². The van der Waals surface area contributed by atoms with Crippen molar-refractivity contribution in [2.24, 2.45) is 0 Å². The number of rotatable bonds is 4. The number of aryl methyl sites for hydroxylation is 1. The average Bonchev–Trinajstić information content (AvgIpc) is 2.98. The Labute approximate surface area is 108 Å². The third-order valence-corrected chi connectivity index (χ3v) is 2.36. The van der Waals surface area contributed by atoms with Gasteiger partial charge >= 0.3 is 5.97 Å². The van der Waals surface area contributed by atoms with Crippen molar-refractivity contribution >= 4 is 17.6 Å². The minimum atomic E-state index is -0.424. The van der Waals surface area contributed by atoms with E-state index in [0.29, 0.717) is 11.3 Å². The number of esters is 1.